The van der Waals surface area contributed by atoms with Crippen molar-refractivity contribution in [2.45, 2.75) is 95.3 Å². The van der Waals surface area contributed by atoms with E-state index in [1.54, 1.807) is 13.1 Å². The molecule has 1 unspecified atom stereocenters. The number of nitrogens with two attached hydrogens (primary N) is 2. The lowest BCUT2D eigenvalue weighted by molar-refractivity contribution is -0.161. The molecule has 2 aliphatic carbocycles. The first-order valence-corrected chi connectivity index (χ1v) is 16.3. The van der Waals surface area contributed by atoms with Gasteiger partial charge in [-0.3, -0.25) is 9.59 Å². The molecule has 4 atom stereocenters. The van der Waals surface area contributed by atoms with Gasteiger partial charge >= 0.3 is 6.09 Å². The molecular formula is C33H53N5O6. The number of likely N-dealkylation sites (N-methyl/N-ethyl adjacent to an activating group) is 1. The summed E-state index contributed by atoms with van der Waals surface area (Å²) in [7, 11) is 3.68. The number of carbonyl (C=O) groups is 3. The molecule has 2 saturated carbocycles. The van der Waals surface area contributed by atoms with Gasteiger partial charge in [-0.05, 0) is 89.1 Å². The maximum absolute atomic E-state index is 13.5. The van der Waals surface area contributed by atoms with Gasteiger partial charge in [-0.2, -0.15) is 0 Å². The van der Waals surface area contributed by atoms with Crippen LogP contribution in [0.25, 0.3) is 0 Å². The summed E-state index contributed by atoms with van der Waals surface area (Å²) >= 11 is 0. The number of ether oxygens (including phenoxy) is 2. The van der Waals surface area contributed by atoms with Crippen LogP contribution in [0.15, 0.2) is 12.1 Å². The van der Waals surface area contributed by atoms with E-state index < -0.39 is 29.3 Å². The van der Waals surface area contributed by atoms with Crippen LogP contribution in [-0.4, -0.2) is 97.3 Å². The Morgan fingerprint density at radius 1 is 1.20 bits per heavy atom. The van der Waals surface area contributed by atoms with E-state index >= 15 is 0 Å². The fraction of sp³-hybridized carbons (Fsp3) is 0.727. The van der Waals surface area contributed by atoms with Crippen LogP contribution < -0.4 is 26.3 Å². The number of hydrogen-bond acceptors (Lipinski definition) is 9. The van der Waals surface area contributed by atoms with E-state index in [-0.39, 0.29) is 42.9 Å². The molecule has 0 spiro atoms. The van der Waals surface area contributed by atoms with Crippen molar-refractivity contribution >= 4 is 17.8 Å². The van der Waals surface area contributed by atoms with Crippen molar-refractivity contribution in [3.63, 3.8) is 0 Å². The molecule has 246 valence electrons. The van der Waals surface area contributed by atoms with Gasteiger partial charge in [0.05, 0.1) is 17.1 Å². The molecule has 44 heavy (non-hydrogen) atoms. The Labute approximate surface area is 262 Å². The van der Waals surface area contributed by atoms with E-state index in [9.17, 15) is 19.5 Å². The number of fused-ring (bicyclic) bond motifs is 3. The largest absolute Gasteiger partial charge is 0.477 e. The van der Waals surface area contributed by atoms with Crippen LogP contribution in [0.5, 0.6) is 11.5 Å². The van der Waals surface area contributed by atoms with Gasteiger partial charge < -0.3 is 41.2 Å². The summed E-state index contributed by atoms with van der Waals surface area (Å²) in [6, 6.07) is 2.93. The Hall–Kier alpha value is -2.73. The van der Waals surface area contributed by atoms with Crippen molar-refractivity contribution in [3.8, 4) is 11.5 Å². The molecule has 1 aromatic carbocycles. The highest BCUT2D eigenvalue weighted by molar-refractivity contribution is 5.89. The number of Topliss-reactive ketones (excluding diaryl/α,β-unsaturated/α-hetero) is 1. The summed E-state index contributed by atoms with van der Waals surface area (Å²) in [4.78, 5) is 42.7. The monoisotopic (exact) mass is 615 g/mol. The zero-order chi connectivity index (χ0) is 32.2. The van der Waals surface area contributed by atoms with Crippen LogP contribution in [0.1, 0.15) is 76.3 Å². The summed E-state index contributed by atoms with van der Waals surface area (Å²) in [5.74, 6) is 0.837. The second kappa shape index (κ2) is 14.1. The SMILES string of the molecule is Cc1ccc(OC(=O)N(C)CCNC(=O)C(N)CCCCN)c2c1[C@@]1(CCN(C)CC3CC3)[C@@H](O2)C(=O)CC[C@@]1(O)C(C)C. The van der Waals surface area contributed by atoms with Crippen molar-refractivity contribution in [1.29, 1.82) is 0 Å². The number of aryl methyl sites for hydroxylation is 1. The minimum absolute atomic E-state index is 0.0397. The average molecular weight is 616 g/mol. The number of ketones is 1. The molecule has 6 N–H and O–H groups in total. The molecule has 0 bridgehead atoms. The van der Waals surface area contributed by atoms with Crippen LogP contribution in [0, 0.1) is 18.8 Å². The summed E-state index contributed by atoms with van der Waals surface area (Å²) in [6.45, 7) is 8.64. The molecule has 2 amide bonds. The van der Waals surface area contributed by atoms with Crippen molar-refractivity contribution < 1.29 is 29.0 Å². The number of aliphatic hydroxyl groups is 1. The number of benzene rings is 1. The van der Waals surface area contributed by atoms with Gasteiger partial charge in [0.25, 0.3) is 0 Å². The van der Waals surface area contributed by atoms with Gasteiger partial charge in [-0.15, -0.1) is 0 Å². The summed E-state index contributed by atoms with van der Waals surface area (Å²) in [5, 5.41) is 15.2. The fourth-order valence-electron chi connectivity index (χ4n) is 7.07. The predicted octanol–water partition coefficient (Wildman–Crippen LogP) is 2.48. The summed E-state index contributed by atoms with van der Waals surface area (Å²) in [6.07, 6.45) is 4.26. The van der Waals surface area contributed by atoms with E-state index in [1.165, 1.54) is 17.7 Å². The number of carbonyl (C=O) groups excluding carboxylic acids is 3. The number of nitrogens with zero attached hydrogens (tertiary/aromatic N) is 2. The van der Waals surface area contributed by atoms with Crippen molar-refractivity contribution in [2.24, 2.45) is 23.3 Å². The van der Waals surface area contributed by atoms with E-state index in [4.69, 9.17) is 20.9 Å². The summed E-state index contributed by atoms with van der Waals surface area (Å²) in [5.41, 5.74) is 10.9. The van der Waals surface area contributed by atoms with E-state index in [1.807, 2.05) is 26.8 Å². The quantitative estimate of drug-likeness (QED) is 0.217. The van der Waals surface area contributed by atoms with Gasteiger partial charge in [0.15, 0.2) is 23.4 Å². The van der Waals surface area contributed by atoms with Gasteiger partial charge in [0, 0.05) is 38.7 Å². The molecule has 0 radical (unpaired) electrons. The van der Waals surface area contributed by atoms with E-state index in [2.05, 4.69) is 17.3 Å². The third kappa shape index (κ3) is 6.90. The first-order chi connectivity index (χ1) is 20.9. The highest BCUT2D eigenvalue weighted by Gasteiger charge is 2.67. The van der Waals surface area contributed by atoms with Gasteiger partial charge in [0.1, 0.15) is 0 Å². The zero-order valence-corrected chi connectivity index (χ0v) is 27.2. The van der Waals surface area contributed by atoms with Crippen LogP contribution in [0.2, 0.25) is 0 Å². The lowest BCUT2D eigenvalue weighted by Gasteiger charge is -2.53. The molecule has 0 saturated heterocycles. The third-order valence-electron chi connectivity index (χ3n) is 9.95. The molecule has 1 aromatic rings. The summed E-state index contributed by atoms with van der Waals surface area (Å²) < 4.78 is 12.3. The standard InChI is InChI=1S/C33H53N5O6/c1-21(2)33(42)14-13-25(39)29-32(33,15-18-37(4)20-23-10-11-23)27-22(3)9-12-26(28(27)44-29)43-31(41)38(5)19-17-36-30(40)24(35)8-6-7-16-34/h9,12,21,23-24,29,42H,6-8,10-11,13-20,34-35H2,1-5H3,(H,36,40)/t24?,29-,32-,33+/m0/s1. The zero-order valence-electron chi connectivity index (χ0n) is 27.2. The molecular weight excluding hydrogens is 562 g/mol. The maximum atomic E-state index is 13.5. The van der Waals surface area contributed by atoms with Crippen LogP contribution in [0.3, 0.4) is 0 Å². The second-order valence-electron chi connectivity index (χ2n) is 13.5. The highest BCUT2D eigenvalue weighted by Crippen LogP contribution is 2.61. The third-order valence-corrected chi connectivity index (χ3v) is 9.95. The Balaban J connectivity index is 1.53. The molecule has 0 aromatic heterocycles. The average Bonchev–Trinajstić information content (AvgIpc) is 3.72. The number of amides is 2. The van der Waals surface area contributed by atoms with Gasteiger partial charge in [-0.25, -0.2) is 4.79 Å². The molecule has 2 fully saturated rings. The number of rotatable bonds is 15. The van der Waals surface area contributed by atoms with Crippen molar-refractivity contribution in [2.75, 3.05) is 46.8 Å². The fourth-order valence-corrected chi connectivity index (χ4v) is 7.07. The second-order valence-corrected chi connectivity index (χ2v) is 13.5. The number of unbranched alkanes of at least 4 members (excludes halogenated alkanes) is 1. The molecule has 11 heteroatoms. The molecule has 1 aliphatic heterocycles. The lowest BCUT2D eigenvalue weighted by Crippen LogP contribution is -2.66. The topological polar surface area (TPSA) is 160 Å². The normalized spacial score (nSPS) is 25.0. The van der Waals surface area contributed by atoms with Crippen LogP contribution in [-0.2, 0) is 15.0 Å². The van der Waals surface area contributed by atoms with Crippen molar-refractivity contribution in [3.05, 3.63) is 23.3 Å². The van der Waals surface area contributed by atoms with Gasteiger partial charge in [-0.1, -0.05) is 26.3 Å². The lowest BCUT2D eigenvalue weighted by atomic mass is 9.53. The minimum atomic E-state index is -1.19. The Morgan fingerprint density at radius 3 is 2.59 bits per heavy atom. The van der Waals surface area contributed by atoms with Crippen LogP contribution in [0.4, 0.5) is 4.79 Å². The Kier molecular flexibility index (Phi) is 11.0. The molecule has 11 nitrogen and oxygen atoms in total. The Bertz CT molecular complexity index is 1210. The number of hydrogen-bond donors (Lipinski definition) is 4. The predicted molar refractivity (Wildman–Crippen MR) is 169 cm³/mol. The Morgan fingerprint density at radius 2 is 1.93 bits per heavy atom. The van der Waals surface area contributed by atoms with E-state index in [0.29, 0.717) is 44.0 Å². The molecule has 1 heterocycles. The highest BCUT2D eigenvalue weighted by atomic mass is 16.6. The van der Waals surface area contributed by atoms with Crippen LogP contribution >= 0.6 is 0 Å². The molecule has 3 aliphatic rings. The first-order valence-electron chi connectivity index (χ1n) is 16.3. The van der Waals surface area contributed by atoms with Crippen molar-refractivity contribution in [1.82, 2.24) is 15.1 Å². The minimum Gasteiger partial charge on any atom is -0.477 e. The maximum Gasteiger partial charge on any atom is 0.415 e. The first kappa shape index (κ1) is 34.1. The van der Waals surface area contributed by atoms with Gasteiger partial charge in [0.2, 0.25) is 5.91 Å². The number of nitrogens with one attached hydrogen (secondary N) is 1. The molecule has 4 rings (SSSR count). The van der Waals surface area contributed by atoms with E-state index in [0.717, 1.165) is 30.5 Å². The smallest absolute Gasteiger partial charge is 0.415 e.